The molecule has 0 saturated heterocycles. The fraction of sp³-hybridized carbons (Fsp3) is 0.158. The molecule has 6 heteroatoms. The molecule has 0 spiro atoms. The van der Waals surface area contributed by atoms with Crippen molar-refractivity contribution in [1.29, 1.82) is 0 Å². The maximum Gasteiger partial charge on any atom is 0.303 e. The molecule has 0 aliphatic rings. The summed E-state index contributed by atoms with van der Waals surface area (Å²) in [6.45, 7) is 2.92. The fourth-order valence-corrected chi connectivity index (χ4v) is 5.49. The topological polar surface area (TPSA) is 68.7 Å². The Hall–Kier alpha value is -4.16. The molecule has 0 fully saturated rings. The zero-order valence-electron chi connectivity index (χ0n) is 25.1. The van der Waals surface area contributed by atoms with Crippen LogP contribution < -0.4 is 9.47 Å². The Kier molecular flexibility index (Phi) is 10.0. The van der Waals surface area contributed by atoms with Gasteiger partial charge in [-0.1, -0.05) is 91.9 Å². The molecule has 1 aromatic heterocycles. The van der Waals surface area contributed by atoms with Gasteiger partial charge >= 0.3 is 5.97 Å². The van der Waals surface area contributed by atoms with Crippen LogP contribution in [-0.2, 0) is 23.4 Å². The number of hydrogen-bond acceptors (Lipinski definition) is 4. The Morgan fingerprint density at radius 3 is 1.91 bits per heavy atom. The molecule has 5 aromatic carbocycles. The summed E-state index contributed by atoms with van der Waals surface area (Å²) in [5, 5.41) is 13.0. The first kappa shape index (κ1) is 31.3. The van der Waals surface area contributed by atoms with Gasteiger partial charge in [0.25, 0.3) is 0 Å². The molecule has 1 unspecified atom stereocenters. The molecule has 6 aromatic rings. The van der Waals surface area contributed by atoms with Crippen molar-refractivity contribution in [1.82, 2.24) is 4.98 Å². The third-order valence-electron chi connectivity index (χ3n) is 8.08. The number of fused-ring (bicyclic) bond motifs is 2. The van der Waals surface area contributed by atoms with Crippen LogP contribution in [0.4, 0.5) is 0 Å². The van der Waals surface area contributed by atoms with Crippen molar-refractivity contribution in [2.45, 2.75) is 38.4 Å². The number of aromatic nitrogens is 1. The molecule has 44 heavy (non-hydrogen) atoms. The molecule has 6 rings (SSSR count). The van der Waals surface area contributed by atoms with Gasteiger partial charge in [0.05, 0.1) is 11.2 Å². The standard InChI is InChI=1S/C38H33NO4.Na/c1-38(23-22-37(40)41,31-13-18-34(19-14-31)42-25-27-10-11-28-6-2-3-8-30(28)24-27)32-15-20-35(21-16-32)43-26-33-17-12-29-7-4-5-9-36(29)39-33;/h2-21,24H,22-23,25-26H2,1H3,(H,40,41);. The summed E-state index contributed by atoms with van der Waals surface area (Å²) < 4.78 is 12.1. The number of ether oxygens (including phenoxy) is 2. The van der Waals surface area contributed by atoms with Gasteiger partial charge in [-0.3, -0.25) is 4.79 Å². The monoisotopic (exact) mass is 590 g/mol. The minimum Gasteiger partial charge on any atom is -0.489 e. The van der Waals surface area contributed by atoms with E-state index in [9.17, 15) is 9.90 Å². The van der Waals surface area contributed by atoms with Gasteiger partial charge in [0.1, 0.15) is 24.7 Å². The van der Waals surface area contributed by atoms with Gasteiger partial charge in [-0.25, -0.2) is 4.98 Å². The summed E-state index contributed by atoms with van der Waals surface area (Å²) in [5.74, 6) is 0.685. The van der Waals surface area contributed by atoms with Crippen LogP contribution in [0.3, 0.4) is 0 Å². The van der Waals surface area contributed by atoms with E-state index in [2.05, 4.69) is 48.3 Å². The van der Waals surface area contributed by atoms with E-state index in [0.717, 1.165) is 44.8 Å². The number of carbonyl (C=O) groups is 1. The Labute approximate surface area is 279 Å². The van der Waals surface area contributed by atoms with E-state index in [-0.39, 0.29) is 36.0 Å². The first-order valence-corrected chi connectivity index (χ1v) is 14.5. The number of carboxylic acids is 1. The van der Waals surface area contributed by atoms with Gasteiger partial charge in [0.2, 0.25) is 0 Å². The zero-order chi connectivity index (χ0) is 29.6. The van der Waals surface area contributed by atoms with Crippen LogP contribution >= 0.6 is 0 Å². The van der Waals surface area contributed by atoms with E-state index >= 15 is 0 Å². The summed E-state index contributed by atoms with van der Waals surface area (Å²) >= 11 is 0. The molecule has 1 atom stereocenters. The van der Waals surface area contributed by atoms with Crippen molar-refractivity contribution < 1.29 is 19.4 Å². The predicted molar refractivity (Wildman–Crippen MR) is 176 cm³/mol. The van der Waals surface area contributed by atoms with E-state index in [0.29, 0.717) is 19.6 Å². The minimum absolute atomic E-state index is 0. The van der Waals surface area contributed by atoms with Gasteiger partial charge in [0, 0.05) is 46.8 Å². The summed E-state index contributed by atoms with van der Waals surface area (Å²) in [6, 6.07) is 42.6. The largest absolute Gasteiger partial charge is 0.489 e. The van der Waals surface area contributed by atoms with Crippen molar-refractivity contribution in [2.24, 2.45) is 0 Å². The van der Waals surface area contributed by atoms with Crippen molar-refractivity contribution >= 4 is 57.2 Å². The van der Waals surface area contributed by atoms with Gasteiger partial charge in [0.15, 0.2) is 0 Å². The maximum atomic E-state index is 11.6. The van der Waals surface area contributed by atoms with E-state index in [4.69, 9.17) is 9.47 Å². The van der Waals surface area contributed by atoms with Gasteiger partial charge in [-0.2, -0.15) is 0 Å². The number of rotatable bonds is 11. The van der Waals surface area contributed by atoms with Crippen LogP contribution in [0.15, 0.2) is 127 Å². The number of nitrogens with zero attached hydrogens (tertiary/aromatic N) is 1. The third-order valence-corrected chi connectivity index (χ3v) is 8.08. The van der Waals surface area contributed by atoms with Gasteiger partial charge in [-0.05, 0) is 76.3 Å². The molecular weight excluding hydrogens is 557 g/mol. The van der Waals surface area contributed by atoms with Crippen LogP contribution in [0.25, 0.3) is 21.7 Å². The smallest absolute Gasteiger partial charge is 0.303 e. The molecule has 1 radical (unpaired) electrons. The second kappa shape index (κ2) is 14.1. The van der Waals surface area contributed by atoms with Crippen molar-refractivity contribution in [3.63, 3.8) is 0 Å². The van der Waals surface area contributed by atoms with Crippen LogP contribution in [-0.4, -0.2) is 45.6 Å². The molecule has 215 valence electrons. The molecule has 1 N–H and O–H groups in total. The third kappa shape index (κ3) is 7.31. The Balaban J connectivity index is 0.00000384. The Bertz CT molecular complexity index is 1740. The normalized spacial score (nSPS) is 12.3. The molecule has 0 bridgehead atoms. The Morgan fingerprint density at radius 2 is 1.25 bits per heavy atom. The van der Waals surface area contributed by atoms with E-state index in [1.54, 1.807) is 0 Å². The zero-order valence-corrected chi connectivity index (χ0v) is 27.1. The predicted octanol–water partition coefficient (Wildman–Crippen LogP) is 8.34. The van der Waals surface area contributed by atoms with Crippen molar-refractivity contribution in [3.8, 4) is 11.5 Å². The molecule has 0 aliphatic carbocycles. The molecule has 1 heterocycles. The molecule has 0 aliphatic heterocycles. The number of para-hydroxylation sites is 1. The second-order valence-corrected chi connectivity index (χ2v) is 11.0. The quantitative estimate of drug-likeness (QED) is 0.154. The van der Waals surface area contributed by atoms with Gasteiger partial charge < -0.3 is 14.6 Å². The second-order valence-electron chi connectivity index (χ2n) is 11.0. The van der Waals surface area contributed by atoms with E-state index < -0.39 is 11.4 Å². The van der Waals surface area contributed by atoms with Crippen LogP contribution in [0.5, 0.6) is 11.5 Å². The molecule has 0 saturated carbocycles. The number of pyridine rings is 1. The van der Waals surface area contributed by atoms with E-state index in [1.165, 1.54) is 10.8 Å². The first-order valence-electron chi connectivity index (χ1n) is 14.5. The summed E-state index contributed by atoms with van der Waals surface area (Å²) in [6.07, 6.45) is 0.517. The fourth-order valence-electron chi connectivity index (χ4n) is 5.49. The molecule has 5 nitrogen and oxygen atoms in total. The Morgan fingerprint density at radius 1 is 0.682 bits per heavy atom. The minimum atomic E-state index is -0.815. The average Bonchev–Trinajstić information content (AvgIpc) is 3.05. The van der Waals surface area contributed by atoms with E-state index in [1.807, 2.05) is 91.0 Å². The first-order chi connectivity index (χ1) is 21.0. The maximum absolute atomic E-state index is 11.6. The summed E-state index contributed by atoms with van der Waals surface area (Å²) in [5.41, 5.74) is 4.45. The number of benzene rings is 5. The van der Waals surface area contributed by atoms with Crippen molar-refractivity contribution in [3.05, 3.63) is 150 Å². The molecule has 0 amide bonds. The summed E-state index contributed by atoms with van der Waals surface area (Å²) in [4.78, 5) is 16.3. The number of aliphatic carboxylic acids is 1. The van der Waals surface area contributed by atoms with Crippen LogP contribution in [0.2, 0.25) is 0 Å². The van der Waals surface area contributed by atoms with Crippen molar-refractivity contribution in [2.75, 3.05) is 0 Å². The van der Waals surface area contributed by atoms with Gasteiger partial charge in [-0.15, -0.1) is 0 Å². The average molecular weight is 591 g/mol. The van der Waals surface area contributed by atoms with Crippen LogP contribution in [0.1, 0.15) is 42.1 Å². The SMILES string of the molecule is CC(CCC(=O)O)(c1ccc(OCc2ccc3ccccc3c2)cc1)c1ccc(OCc2ccc3ccccc3n2)cc1.[Na]. The van der Waals surface area contributed by atoms with Crippen LogP contribution in [0, 0.1) is 0 Å². The number of carboxylic acid groups (broad SMARTS) is 1. The molecular formula is C38H33NNaO4. The number of hydrogen-bond donors (Lipinski definition) is 1. The summed E-state index contributed by atoms with van der Waals surface area (Å²) in [7, 11) is 0.